The smallest absolute Gasteiger partial charge is 0.119 e. The van der Waals surface area contributed by atoms with Crippen molar-refractivity contribution in [1.82, 2.24) is 0 Å². The summed E-state index contributed by atoms with van der Waals surface area (Å²) in [6, 6.07) is 17.7. The van der Waals surface area contributed by atoms with Gasteiger partial charge in [0.25, 0.3) is 0 Å². The largest absolute Gasteiger partial charge is 0.365 e. The highest BCUT2D eigenvalue weighted by atomic mass is 16.5. The summed E-state index contributed by atoms with van der Waals surface area (Å²) >= 11 is 0. The molecule has 0 bridgehead atoms. The van der Waals surface area contributed by atoms with Crippen LogP contribution in [0.2, 0.25) is 0 Å². The van der Waals surface area contributed by atoms with E-state index < -0.39 is 0 Å². The number of fused-ring (bicyclic) bond motifs is 4. The first-order valence-corrected chi connectivity index (χ1v) is 8.34. The topological polar surface area (TPSA) is 35.2 Å². The predicted octanol–water partition coefficient (Wildman–Crippen LogP) is 3.41. The molecule has 2 nitrogen and oxygen atoms in total. The van der Waals surface area contributed by atoms with Crippen LogP contribution in [-0.4, -0.2) is 13.2 Å². The number of rotatable bonds is 2. The van der Waals surface area contributed by atoms with Gasteiger partial charge in [-0.15, -0.1) is 0 Å². The highest BCUT2D eigenvalue weighted by Gasteiger charge is 2.46. The second-order valence-electron chi connectivity index (χ2n) is 6.60. The van der Waals surface area contributed by atoms with Crippen molar-refractivity contribution < 1.29 is 4.74 Å². The minimum atomic E-state index is -0.260. The molecule has 2 heteroatoms. The molecule has 22 heavy (non-hydrogen) atoms. The average molecular weight is 293 g/mol. The van der Waals surface area contributed by atoms with Gasteiger partial charge >= 0.3 is 0 Å². The summed E-state index contributed by atoms with van der Waals surface area (Å²) in [7, 11) is 0. The van der Waals surface area contributed by atoms with Crippen LogP contribution in [0, 0.1) is 5.92 Å². The van der Waals surface area contributed by atoms with Crippen molar-refractivity contribution in [3.63, 3.8) is 0 Å². The van der Waals surface area contributed by atoms with E-state index in [1.807, 2.05) is 0 Å². The van der Waals surface area contributed by atoms with Gasteiger partial charge in [0.1, 0.15) is 5.60 Å². The lowest BCUT2D eigenvalue weighted by atomic mass is 9.79. The molecular weight excluding hydrogens is 270 g/mol. The maximum atomic E-state index is 6.52. The van der Waals surface area contributed by atoms with Gasteiger partial charge in [0.15, 0.2) is 0 Å². The third-order valence-corrected chi connectivity index (χ3v) is 5.29. The number of aryl methyl sites for hydroxylation is 2. The first-order valence-electron chi connectivity index (χ1n) is 8.34. The molecule has 1 aliphatic carbocycles. The van der Waals surface area contributed by atoms with Gasteiger partial charge in [-0.3, -0.25) is 0 Å². The Balaban J connectivity index is 1.89. The Morgan fingerprint density at radius 3 is 2.14 bits per heavy atom. The summed E-state index contributed by atoms with van der Waals surface area (Å²) in [5.74, 6) is 0.559. The number of hydrogen-bond acceptors (Lipinski definition) is 2. The van der Waals surface area contributed by atoms with E-state index in [1.165, 1.54) is 22.3 Å². The summed E-state index contributed by atoms with van der Waals surface area (Å²) in [5, 5.41) is 0. The maximum Gasteiger partial charge on any atom is 0.119 e. The van der Waals surface area contributed by atoms with Gasteiger partial charge in [-0.1, -0.05) is 48.5 Å². The molecule has 1 atom stereocenters. The fraction of sp³-hybridized carbons (Fsp3) is 0.400. The van der Waals surface area contributed by atoms with E-state index in [4.69, 9.17) is 10.5 Å². The fourth-order valence-electron chi connectivity index (χ4n) is 4.26. The Bertz CT molecular complexity index is 631. The lowest BCUT2D eigenvalue weighted by Gasteiger charge is -2.31. The number of benzene rings is 2. The van der Waals surface area contributed by atoms with Gasteiger partial charge in [0.05, 0.1) is 6.61 Å². The zero-order valence-corrected chi connectivity index (χ0v) is 12.9. The monoisotopic (exact) mass is 293 g/mol. The van der Waals surface area contributed by atoms with Crippen LogP contribution in [0.25, 0.3) is 0 Å². The Hall–Kier alpha value is -1.64. The van der Waals surface area contributed by atoms with E-state index in [0.29, 0.717) is 5.92 Å². The fourth-order valence-corrected chi connectivity index (χ4v) is 4.26. The molecular formula is C20H23NO. The molecule has 0 aromatic heterocycles. The van der Waals surface area contributed by atoms with Crippen LogP contribution in [-0.2, 0) is 23.2 Å². The van der Waals surface area contributed by atoms with Crippen molar-refractivity contribution in [3.8, 4) is 0 Å². The van der Waals surface area contributed by atoms with Crippen molar-refractivity contribution >= 4 is 0 Å². The Kier molecular flexibility index (Phi) is 3.51. The van der Waals surface area contributed by atoms with Crippen LogP contribution in [0.5, 0.6) is 0 Å². The van der Waals surface area contributed by atoms with Crippen LogP contribution in [0.3, 0.4) is 0 Å². The second-order valence-corrected chi connectivity index (χ2v) is 6.60. The van der Waals surface area contributed by atoms with Crippen molar-refractivity contribution in [1.29, 1.82) is 0 Å². The van der Waals surface area contributed by atoms with Gasteiger partial charge < -0.3 is 10.5 Å². The number of nitrogens with two attached hydrogens (primary N) is 1. The van der Waals surface area contributed by atoms with Crippen LogP contribution in [0.15, 0.2) is 48.5 Å². The van der Waals surface area contributed by atoms with Crippen molar-refractivity contribution in [3.05, 3.63) is 70.8 Å². The van der Waals surface area contributed by atoms with E-state index in [-0.39, 0.29) is 5.60 Å². The average Bonchev–Trinajstić information content (AvgIpc) is 2.93. The highest BCUT2D eigenvalue weighted by molar-refractivity contribution is 5.48. The molecule has 4 rings (SSSR count). The molecule has 2 aromatic carbocycles. The van der Waals surface area contributed by atoms with Gasteiger partial charge in [-0.05, 0) is 60.4 Å². The highest BCUT2D eigenvalue weighted by Crippen LogP contribution is 2.49. The molecule has 2 aliphatic rings. The normalized spacial score (nSPS) is 22.1. The zero-order valence-electron chi connectivity index (χ0n) is 12.9. The van der Waals surface area contributed by atoms with Crippen LogP contribution >= 0.6 is 0 Å². The third-order valence-electron chi connectivity index (χ3n) is 5.29. The molecule has 114 valence electrons. The molecule has 1 saturated heterocycles. The summed E-state index contributed by atoms with van der Waals surface area (Å²) < 4.78 is 6.52. The van der Waals surface area contributed by atoms with Crippen LogP contribution < -0.4 is 5.73 Å². The first kappa shape index (κ1) is 14.0. The molecule has 0 amide bonds. The van der Waals surface area contributed by atoms with Crippen molar-refractivity contribution in [2.24, 2.45) is 11.7 Å². The van der Waals surface area contributed by atoms with Gasteiger partial charge in [0, 0.05) is 0 Å². The lowest BCUT2D eigenvalue weighted by molar-refractivity contribution is 0.0337. The number of hydrogen-bond donors (Lipinski definition) is 1. The van der Waals surface area contributed by atoms with Gasteiger partial charge in [-0.25, -0.2) is 0 Å². The Morgan fingerprint density at radius 2 is 1.55 bits per heavy atom. The van der Waals surface area contributed by atoms with E-state index in [1.54, 1.807) is 0 Å². The molecule has 2 aromatic rings. The molecule has 1 spiro atoms. The SMILES string of the molecule is NCCC1COC2(C1)c1ccccc1CCc1ccccc12. The van der Waals surface area contributed by atoms with E-state index in [2.05, 4.69) is 48.5 Å². The second kappa shape index (κ2) is 5.53. The molecule has 1 fully saturated rings. The minimum absolute atomic E-state index is 0.260. The number of ether oxygens (including phenoxy) is 1. The van der Waals surface area contributed by atoms with E-state index in [0.717, 1.165) is 38.8 Å². The summed E-state index contributed by atoms with van der Waals surface area (Å²) in [6.07, 6.45) is 4.30. The van der Waals surface area contributed by atoms with Crippen LogP contribution in [0.4, 0.5) is 0 Å². The summed E-state index contributed by atoms with van der Waals surface area (Å²) in [5.41, 5.74) is 11.2. The zero-order chi connectivity index (χ0) is 15.0. The molecule has 1 heterocycles. The third kappa shape index (κ3) is 2.10. The quantitative estimate of drug-likeness (QED) is 0.921. The van der Waals surface area contributed by atoms with Gasteiger partial charge in [-0.2, -0.15) is 0 Å². The van der Waals surface area contributed by atoms with Crippen molar-refractivity contribution in [2.75, 3.05) is 13.2 Å². The van der Waals surface area contributed by atoms with E-state index in [9.17, 15) is 0 Å². The van der Waals surface area contributed by atoms with Crippen molar-refractivity contribution in [2.45, 2.75) is 31.3 Å². The Morgan fingerprint density at radius 1 is 0.955 bits per heavy atom. The summed E-state index contributed by atoms with van der Waals surface area (Å²) in [6.45, 7) is 1.56. The molecule has 0 saturated carbocycles. The molecule has 1 unspecified atom stereocenters. The molecule has 2 N–H and O–H groups in total. The van der Waals surface area contributed by atoms with Gasteiger partial charge in [0.2, 0.25) is 0 Å². The minimum Gasteiger partial charge on any atom is -0.365 e. The standard InChI is InChI=1S/C20H23NO/c21-12-11-15-13-20(22-14-15)18-7-3-1-5-16(18)9-10-17-6-2-4-8-19(17)20/h1-8,15H,9-14,21H2. The first-order chi connectivity index (χ1) is 10.8. The molecule has 0 radical (unpaired) electrons. The predicted molar refractivity (Wildman–Crippen MR) is 88.8 cm³/mol. The summed E-state index contributed by atoms with van der Waals surface area (Å²) in [4.78, 5) is 0. The Labute approximate surface area is 132 Å². The maximum absolute atomic E-state index is 6.52. The van der Waals surface area contributed by atoms with E-state index >= 15 is 0 Å². The van der Waals surface area contributed by atoms with Crippen LogP contribution in [0.1, 0.15) is 35.1 Å². The lowest BCUT2D eigenvalue weighted by Crippen LogP contribution is -2.28. The molecule has 1 aliphatic heterocycles.